The first-order valence-corrected chi connectivity index (χ1v) is 6.73. The first-order chi connectivity index (χ1) is 9.54. The number of carbonyl (C=O) groups excluding carboxylic acids is 1. The number of hydrogen-bond acceptors (Lipinski definition) is 4. The number of rotatable bonds is 4. The molecule has 0 aliphatic rings. The number of benzene rings is 1. The lowest BCUT2D eigenvalue weighted by Gasteiger charge is -2.29. The zero-order valence-corrected chi connectivity index (χ0v) is 13.0. The fourth-order valence-electron chi connectivity index (χ4n) is 1.84. The van der Waals surface area contributed by atoms with Crippen molar-refractivity contribution >= 4 is 6.09 Å². The molecule has 0 saturated carbocycles. The number of nitrogens with zero attached hydrogens (tertiary/aromatic N) is 1. The van der Waals surface area contributed by atoms with Gasteiger partial charge in [0.05, 0.1) is 0 Å². The van der Waals surface area contributed by atoms with E-state index >= 15 is 0 Å². The summed E-state index contributed by atoms with van der Waals surface area (Å²) in [5.41, 5.74) is -1.37. The summed E-state index contributed by atoms with van der Waals surface area (Å²) in [5, 5.41) is 13.9. The molecule has 0 spiro atoms. The summed E-state index contributed by atoms with van der Waals surface area (Å²) in [6.07, 6.45) is -0.675. The molecule has 0 heterocycles. The van der Waals surface area contributed by atoms with E-state index in [2.05, 4.69) is 5.32 Å². The molecule has 21 heavy (non-hydrogen) atoms. The predicted octanol–water partition coefficient (Wildman–Crippen LogP) is 3.31. The van der Waals surface area contributed by atoms with Gasteiger partial charge < -0.3 is 10.1 Å². The number of ether oxygens (including phenoxy) is 1. The Balaban J connectivity index is 3.05. The first-order valence-electron chi connectivity index (χ1n) is 6.73. The van der Waals surface area contributed by atoms with Gasteiger partial charge in [0, 0.05) is 18.8 Å². The van der Waals surface area contributed by atoms with Gasteiger partial charge in [-0.2, -0.15) is 0 Å². The van der Waals surface area contributed by atoms with Gasteiger partial charge in [0.2, 0.25) is 5.54 Å². The lowest BCUT2D eigenvalue weighted by molar-refractivity contribution is -0.566. The Labute approximate surface area is 124 Å². The molecule has 6 heteroatoms. The lowest BCUT2D eigenvalue weighted by Crippen LogP contribution is -2.48. The van der Waals surface area contributed by atoms with Crippen LogP contribution in [0.25, 0.3) is 0 Å². The quantitative estimate of drug-likeness (QED) is 0.682. The van der Waals surface area contributed by atoms with Crippen molar-refractivity contribution in [2.45, 2.75) is 51.8 Å². The molecular formula is C15H22N2O4. The van der Waals surface area contributed by atoms with Crippen LogP contribution in [0.4, 0.5) is 4.79 Å². The van der Waals surface area contributed by atoms with E-state index in [-0.39, 0.29) is 0 Å². The summed E-state index contributed by atoms with van der Waals surface area (Å²) in [4.78, 5) is 22.9. The molecule has 1 aromatic rings. The van der Waals surface area contributed by atoms with Crippen LogP contribution in [-0.4, -0.2) is 22.2 Å². The Morgan fingerprint density at radius 1 is 1.19 bits per heavy atom. The van der Waals surface area contributed by atoms with Crippen molar-refractivity contribution in [2.75, 3.05) is 0 Å². The maximum atomic E-state index is 12.0. The van der Waals surface area contributed by atoms with Crippen LogP contribution in [0.3, 0.4) is 0 Å². The molecule has 0 aliphatic carbocycles. The van der Waals surface area contributed by atoms with Gasteiger partial charge in [-0.15, -0.1) is 0 Å². The van der Waals surface area contributed by atoms with Gasteiger partial charge in [0.15, 0.2) is 0 Å². The third kappa shape index (κ3) is 4.73. The van der Waals surface area contributed by atoms with E-state index in [1.165, 1.54) is 13.8 Å². The Morgan fingerprint density at radius 2 is 1.71 bits per heavy atom. The molecule has 0 unspecified atom stereocenters. The molecule has 116 valence electrons. The SMILES string of the molecule is CC(C)(C)OC(=O)N[C@H](c1ccccc1)C(C)(C)[N+](=O)[O-]. The summed E-state index contributed by atoms with van der Waals surface area (Å²) >= 11 is 0. The van der Waals surface area contributed by atoms with E-state index in [1.54, 1.807) is 45.0 Å². The molecule has 0 aromatic heterocycles. The highest BCUT2D eigenvalue weighted by molar-refractivity contribution is 5.68. The second-order valence-electron chi connectivity index (χ2n) is 6.40. The van der Waals surface area contributed by atoms with E-state index in [4.69, 9.17) is 4.74 Å². The van der Waals surface area contributed by atoms with Gasteiger partial charge in [-0.25, -0.2) is 4.79 Å². The Kier molecular flexibility index (Phi) is 4.93. The van der Waals surface area contributed by atoms with Crippen LogP contribution in [0.2, 0.25) is 0 Å². The highest BCUT2D eigenvalue weighted by Gasteiger charge is 2.43. The summed E-state index contributed by atoms with van der Waals surface area (Å²) in [7, 11) is 0. The number of hydrogen-bond donors (Lipinski definition) is 1. The average molecular weight is 294 g/mol. The fraction of sp³-hybridized carbons (Fsp3) is 0.533. The van der Waals surface area contributed by atoms with Crippen LogP contribution in [-0.2, 0) is 4.74 Å². The number of carbonyl (C=O) groups is 1. The Bertz CT molecular complexity index is 506. The van der Waals surface area contributed by atoms with Gasteiger partial charge in [-0.3, -0.25) is 10.1 Å². The second-order valence-corrected chi connectivity index (χ2v) is 6.40. The van der Waals surface area contributed by atoms with Crippen molar-refractivity contribution in [3.63, 3.8) is 0 Å². The van der Waals surface area contributed by atoms with Gasteiger partial charge in [-0.05, 0) is 26.3 Å². The molecule has 1 amide bonds. The average Bonchev–Trinajstić information content (AvgIpc) is 2.34. The van der Waals surface area contributed by atoms with Crippen molar-refractivity contribution in [2.24, 2.45) is 0 Å². The zero-order valence-electron chi connectivity index (χ0n) is 13.0. The second kappa shape index (κ2) is 6.11. The number of nitrogens with one attached hydrogen (secondary N) is 1. The molecule has 0 radical (unpaired) electrons. The van der Waals surface area contributed by atoms with Crippen molar-refractivity contribution in [1.82, 2.24) is 5.32 Å². The number of amides is 1. The lowest BCUT2D eigenvalue weighted by atomic mass is 9.89. The maximum absolute atomic E-state index is 12.0. The Morgan fingerprint density at radius 3 is 2.14 bits per heavy atom. The minimum atomic E-state index is -1.36. The molecule has 6 nitrogen and oxygen atoms in total. The van der Waals surface area contributed by atoms with Gasteiger partial charge in [-0.1, -0.05) is 30.3 Å². The zero-order chi connectivity index (χ0) is 16.3. The predicted molar refractivity (Wildman–Crippen MR) is 79.6 cm³/mol. The van der Waals surface area contributed by atoms with E-state index in [0.29, 0.717) is 5.56 Å². The smallest absolute Gasteiger partial charge is 0.408 e. The van der Waals surface area contributed by atoms with E-state index in [0.717, 1.165) is 0 Å². The molecule has 0 fully saturated rings. The third-order valence-electron chi connectivity index (χ3n) is 2.97. The molecule has 0 aliphatic heterocycles. The van der Waals surface area contributed by atoms with Crippen molar-refractivity contribution in [3.8, 4) is 0 Å². The summed E-state index contributed by atoms with van der Waals surface area (Å²) in [6.45, 7) is 8.16. The number of nitro groups is 1. The normalized spacial score (nSPS) is 13.4. The van der Waals surface area contributed by atoms with E-state index in [9.17, 15) is 14.9 Å². The van der Waals surface area contributed by atoms with Crippen molar-refractivity contribution in [1.29, 1.82) is 0 Å². The molecule has 0 saturated heterocycles. The van der Waals surface area contributed by atoms with Crippen LogP contribution in [0.5, 0.6) is 0 Å². The van der Waals surface area contributed by atoms with Crippen LogP contribution in [0, 0.1) is 10.1 Å². The maximum Gasteiger partial charge on any atom is 0.408 e. The first kappa shape index (κ1) is 16.9. The van der Waals surface area contributed by atoms with Crippen LogP contribution < -0.4 is 5.32 Å². The summed E-state index contributed by atoms with van der Waals surface area (Å²) < 4.78 is 5.19. The minimum absolute atomic E-state index is 0.401. The van der Waals surface area contributed by atoms with Gasteiger partial charge >= 0.3 is 6.09 Å². The topological polar surface area (TPSA) is 81.5 Å². The van der Waals surface area contributed by atoms with Gasteiger partial charge in [0.1, 0.15) is 11.6 Å². The molecule has 1 rings (SSSR count). The molecule has 0 bridgehead atoms. The summed E-state index contributed by atoms with van der Waals surface area (Å²) in [6, 6.07) is 8.06. The highest BCUT2D eigenvalue weighted by Crippen LogP contribution is 2.28. The van der Waals surface area contributed by atoms with Crippen LogP contribution >= 0.6 is 0 Å². The fourth-order valence-corrected chi connectivity index (χ4v) is 1.84. The largest absolute Gasteiger partial charge is 0.444 e. The van der Waals surface area contributed by atoms with E-state index < -0.39 is 28.2 Å². The highest BCUT2D eigenvalue weighted by atomic mass is 16.6. The minimum Gasteiger partial charge on any atom is -0.444 e. The molecule has 1 aromatic carbocycles. The molecule has 1 atom stereocenters. The van der Waals surface area contributed by atoms with Crippen molar-refractivity contribution in [3.05, 3.63) is 46.0 Å². The van der Waals surface area contributed by atoms with Gasteiger partial charge in [0.25, 0.3) is 0 Å². The molecular weight excluding hydrogens is 272 g/mol. The van der Waals surface area contributed by atoms with E-state index in [1.807, 2.05) is 6.07 Å². The van der Waals surface area contributed by atoms with Crippen LogP contribution in [0.1, 0.15) is 46.2 Å². The van der Waals surface area contributed by atoms with Crippen molar-refractivity contribution < 1.29 is 14.5 Å². The monoisotopic (exact) mass is 294 g/mol. The standard InChI is InChI=1S/C15H22N2O4/c1-14(2,3)21-13(18)16-12(15(4,5)17(19)20)11-9-7-6-8-10-11/h6-10,12H,1-5H3,(H,16,18)/t12-/m1/s1. The summed E-state index contributed by atoms with van der Waals surface area (Å²) in [5.74, 6) is 0. The molecule has 1 N–H and O–H groups in total. The third-order valence-corrected chi connectivity index (χ3v) is 2.97. The number of alkyl carbamates (subject to hydrolysis) is 1. The Hall–Kier alpha value is -2.11. The van der Waals surface area contributed by atoms with Crippen LogP contribution in [0.15, 0.2) is 30.3 Å².